The number of nitrogen functional groups attached to an aromatic ring is 1. The Balaban J connectivity index is 2.40. The second-order valence-electron chi connectivity index (χ2n) is 3.78. The van der Waals surface area contributed by atoms with Crippen LogP contribution in [0.2, 0.25) is 0 Å². The lowest BCUT2D eigenvalue weighted by molar-refractivity contribution is 0.0947. The predicted molar refractivity (Wildman–Crippen MR) is 63.6 cm³/mol. The minimum absolute atomic E-state index is 0.221. The van der Waals surface area contributed by atoms with E-state index in [2.05, 4.69) is 10.4 Å². The number of nitrogens with zero attached hydrogens (tertiary/aromatic N) is 3. The number of nitriles is 1. The first-order valence-corrected chi connectivity index (χ1v) is 5.50. The van der Waals surface area contributed by atoms with Crippen molar-refractivity contribution < 1.29 is 9.53 Å². The molecular weight excluding hydrogens is 234 g/mol. The van der Waals surface area contributed by atoms with Crippen molar-refractivity contribution in [1.29, 1.82) is 5.26 Å². The van der Waals surface area contributed by atoms with Crippen LogP contribution in [0.5, 0.6) is 0 Å². The standard InChI is InChI=1S/C11H13N5O2/c12-6-8-5-9(16-1-3-18-4-2-16)10(14-7-8)11(17)15-13/h5,7H,1-4,13H2,(H,15,17). The van der Waals surface area contributed by atoms with Gasteiger partial charge in [-0.05, 0) is 6.07 Å². The van der Waals surface area contributed by atoms with Crippen LogP contribution in [0, 0.1) is 11.3 Å². The van der Waals surface area contributed by atoms with Crippen molar-refractivity contribution in [3.63, 3.8) is 0 Å². The molecule has 1 aliphatic heterocycles. The molecule has 0 atom stereocenters. The first-order chi connectivity index (χ1) is 8.76. The lowest BCUT2D eigenvalue weighted by atomic mass is 10.2. The monoisotopic (exact) mass is 247 g/mol. The summed E-state index contributed by atoms with van der Waals surface area (Å²) in [5.74, 6) is 4.65. The molecule has 18 heavy (non-hydrogen) atoms. The molecule has 0 bridgehead atoms. The number of aromatic nitrogens is 1. The largest absolute Gasteiger partial charge is 0.378 e. The molecule has 0 spiro atoms. The molecule has 1 saturated heterocycles. The van der Waals surface area contributed by atoms with E-state index in [1.165, 1.54) is 6.20 Å². The summed E-state index contributed by atoms with van der Waals surface area (Å²) in [6.45, 7) is 2.48. The van der Waals surface area contributed by atoms with E-state index < -0.39 is 5.91 Å². The molecule has 2 rings (SSSR count). The van der Waals surface area contributed by atoms with Gasteiger partial charge >= 0.3 is 0 Å². The summed E-state index contributed by atoms with van der Waals surface area (Å²) in [7, 11) is 0. The predicted octanol–water partition coefficient (Wildman–Crippen LogP) is -0.607. The van der Waals surface area contributed by atoms with Gasteiger partial charge in [0.1, 0.15) is 6.07 Å². The van der Waals surface area contributed by atoms with E-state index in [0.717, 1.165) is 0 Å². The molecule has 7 nitrogen and oxygen atoms in total. The number of nitrogens with one attached hydrogen (secondary N) is 1. The molecule has 0 unspecified atom stereocenters. The highest BCUT2D eigenvalue weighted by Gasteiger charge is 2.20. The van der Waals surface area contributed by atoms with Crippen LogP contribution < -0.4 is 16.2 Å². The van der Waals surface area contributed by atoms with Gasteiger partial charge < -0.3 is 9.64 Å². The SMILES string of the molecule is N#Cc1cnc(C(=O)NN)c(N2CCOCC2)c1. The smallest absolute Gasteiger partial charge is 0.285 e. The van der Waals surface area contributed by atoms with E-state index in [4.69, 9.17) is 15.8 Å². The van der Waals surface area contributed by atoms with Gasteiger partial charge in [0, 0.05) is 19.3 Å². The zero-order chi connectivity index (χ0) is 13.0. The maximum absolute atomic E-state index is 11.6. The summed E-state index contributed by atoms with van der Waals surface area (Å²) in [5, 5.41) is 8.89. The van der Waals surface area contributed by atoms with Gasteiger partial charge in [-0.25, -0.2) is 10.8 Å². The number of hydrogen-bond acceptors (Lipinski definition) is 6. The van der Waals surface area contributed by atoms with Crippen molar-refractivity contribution in [2.75, 3.05) is 31.2 Å². The van der Waals surface area contributed by atoms with Crippen molar-refractivity contribution in [3.8, 4) is 6.07 Å². The molecule has 7 heteroatoms. The second-order valence-corrected chi connectivity index (χ2v) is 3.78. The number of ether oxygens (including phenoxy) is 1. The zero-order valence-electron chi connectivity index (χ0n) is 9.72. The molecule has 1 fully saturated rings. The highest BCUT2D eigenvalue weighted by Crippen LogP contribution is 2.21. The van der Waals surface area contributed by atoms with Crippen LogP contribution in [-0.2, 0) is 4.74 Å². The van der Waals surface area contributed by atoms with Crippen LogP contribution in [0.1, 0.15) is 16.1 Å². The summed E-state index contributed by atoms with van der Waals surface area (Å²) >= 11 is 0. The van der Waals surface area contributed by atoms with Gasteiger partial charge in [-0.2, -0.15) is 5.26 Å². The maximum atomic E-state index is 11.6. The molecule has 1 amide bonds. The Labute approximate surface area is 104 Å². The fourth-order valence-electron chi connectivity index (χ4n) is 1.80. The van der Waals surface area contributed by atoms with Crippen LogP contribution in [0.15, 0.2) is 12.3 Å². The van der Waals surface area contributed by atoms with Crippen LogP contribution in [-0.4, -0.2) is 37.2 Å². The number of hydrazine groups is 1. The Bertz CT molecular complexity index is 491. The van der Waals surface area contributed by atoms with Crippen LogP contribution in [0.3, 0.4) is 0 Å². The topological polar surface area (TPSA) is 104 Å². The lowest BCUT2D eigenvalue weighted by Gasteiger charge is -2.29. The first-order valence-electron chi connectivity index (χ1n) is 5.50. The Morgan fingerprint density at radius 1 is 1.56 bits per heavy atom. The molecule has 1 aromatic heterocycles. The summed E-state index contributed by atoms with van der Waals surface area (Å²) < 4.78 is 5.25. The number of pyridine rings is 1. The molecular formula is C11H13N5O2. The molecule has 0 saturated carbocycles. The van der Waals surface area contributed by atoms with Gasteiger partial charge in [0.05, 0.1) is 24.5 Å². The highest BCUT2D eigenvalue weighted by atomic mass is 16.5. The van der Waals surface area contributed by atoms with Gasteiger partial charge in [-0.15, -0.1) is 0 Å². The molecule has 2 heterocycles. The number of carbonyl (C=O) groups is 1. The average molecular weight is 247 g/mol. The Morgan fingerprint density at radius 3 is 2.89 bits per heavy atom. The Kier molecular flexibility index (Phi) is 3.72. The van der Waals surface area contributed by atoms with Gasteiger partial charge in [-0.3, -0.25) is 10.2 Å². The molecule has 0 aliphatic carbocycles. The van der Waals surface area contributed by atoms with Crippen molar-refractivity contribution in [1.82, 2.24) is 10.4 Å². The van der Waals surface area contributed by atoms with Crippen LogP contribution in [0.4, 0.5) is 5.69 Å². The van der Waals surface area contributed by atoms with Crippen LogP contribution in [0.25, 0.3) is 0 Å². The minimum atomic E-state index is -0.471. The zero-order valence-corrected chi connectivity index (χ0v) is 9.72. The molecule has 1 aromatic rings. The van der Waals surface area contributed by atoms with Crippen molar-refractivity contribution in [2.45, 2.75) is 0 Å². The molecule has 0 aromatic carbocycles. The number of morpholine rings is 1. The summed E-state index contributed by atoms with van der Waals surface area (Å²) in [4.78, 5) is 17.6. The van der Waals surface area contributed by atoms with E-state index in [1.54, 1.807) is 6.07 Å². The molecule has 0 radical (unpaired) electrons. The Morgan fingerprint density at radius 2 is 2.28 bits per heavy atom. The second kappa shape index (κ2) is 5.44. The average Bonchev–Trinajstić information content (AvgIpc) is 2.46. The summed E-state index contributed by atoms with van der Waals surface area (Å²) in [6, 6.07) is 3.65. The molecule has 1 aliphatic rings. The van der Waals surface area contributed by atoms with Crippen molar-refractivity contribution in [2.24, 2.45) is 5.84 Å². The van der Waals surface area contributed by atoms with Crippen LogP contribution >= 0.6 is 0 Å². The quantitative estimate of drug-likeness (QED) is 0.410. The van der Waals surface area contributed by atoms with Gasteiger partial charge in [0.2, 0.25) is 0 Å². The molecule has 3 N–H and O–H groups in total. The van der Waals surface area contributed by atoms with Gasteiger partial charge in [0.25, 0.3) is 5.91 Å². The highest BCUT2D eigenvalue weighted by molar-refractivity contribution is 5.97. The number of amides is 1. The van der Waals surface area contributed by atoms with Crippen molar-refractivity contribution >= 4 is 11.6 Å². The number of rotatable bonds is 2. The third-order valence-corrected chi connectivity index (χ3v) is 2.69. The third-order valence-electron chi connectivity index (χ3n) is 2.69. The van der Waals surface area contributed by atoms with E-state index in [-0.39, 0.29) is 5.69 Å². The van der Waals surface area contributed by atoms with E-state index >= 15 is 0 Å². The molecule has 94 valence electrons. The normalized spacial score (nSPS) is 15.0. The first kappa shape index (κ1) is 12.3. The number of nitrogens with two attached hydrogens (primary N) is 1. The van der Waals surface area contributed by atoms with E-state index in [1.807, 2.05) is 11.0 Å². The third kappa shape index (κ3) is 2.40. The number of anilines is 1. The van der Waals surface area contributed by atoms with Gasteiger partial charge in [0.15, 0.2) is 5.69 Å². The number of carbonyl (C=O) groups excluding carboxylic acids is 1. The van der Waals surface area contributed by atoms with E-state index in [0.29, 0.717) is 37.6 Å². The maximum Gasteiger partial charge on any atom is 0.285 e. The van der Waals surface area contributed by atoms with Gasteiger partial charge in [-0.1, -0.05) is 0 Å². The number of hydrogen-bond donors (Lipinski definition) is 2. The van der Waals surface area contributed by atoms with E-state index in [9.17, 15) is 4.79 Å². The van der Waals surface area contributed by atoms with Crippen molar-refractivity contribution in [3.05, 3.63) is 23.5 Å². The minimum Gasteiger partial charge on any atom is -0.378 e. The fourth-order valence-corrected chi connectivity index (χ4v) is 1.80. The summed E-state index contributed by atoms with van der Waals surface area (Å²) in [6.07, 6.45) is 1.36. The Hall–Kier alpha value is -2.17. The lowest BCUT2D eigenvalue weighted by Crippen LogP contribution is -2.39. The summed E-state index contributed by atoms with van der Waals surface area (Å²) in [5.41, 5.74) is 3.30. The fraction of sp³-hybridized carbons (Fsp3) is 0.364.